The summed E-state index contributed by atoms with van der Waals surface area (Å²) in [5.74, 6) is 6.82. The number of ether oxygens (including phenoxy) is 13. The maximum Gasteiger partial charge on any atom is 0.261 e. The van der Waals surface area contributed by atoms with Crippen molar-refractivity contribution < 1.29 is 66.7 Å². The first-order valence-electron chi connectivity index (χ1n) is 51.4. The molecule has 0 radical (unpaired) electrons. The van der Waals surface area contributed by atoms with Crippen LogP contribution in [0.4, 0.5) is 34.1 Å². The summed E-state index contributed by atoms with van der Waals surface area (Å²) in [5.41, 5.74) is 39.1. The zero-order chi connectivity index (χ0) is 110. The van der Waals surface area contributed by atoms with Crippen LogP contribution in [0.1, 0.15) is 235 Å². The average molecular weight is 2150 g/mol. The smallest absolute Gasteiger partial charge is 0.261 e. The van der Waals surface area contributed by atoms with Gasteiger partial charge in [0.15, 0.2) is 0 Å². The molecule has 0 atom stereocenters. The van der Waals surface area contributed by atoms with Gasteiger partial charge in [0, 0.05) is 56.3 Å². The summed E-state index contributed by atoms with van der Waals surface area (Å²) in [7, 11) is 0. The van der Waals surface area contributed by atoms with Crippen molar-refractivity contribution in [2.24, 2.45) is 0 Å². The van der Waals surface area contributed by atoms with Crippen LogP contribution in [0.25, 0.3) is 0 Å². The highest BCUT2D eigenvalue weighted by atomic mass is 32.1. The van der Waals surface area contributed by atoms with Gasteiger partial charge in [0.1, 0.15) is 79.9 Å². The Labute approximate surface area is 925 Å². The zero-order valence-electron chi connectivity index (χ0n) is 93.1. The fraction of sp³-hybridized carbons (Fsp3) is 0.371. The molecular weight excluding hydrogens is 1990 g/mol. The van der Waals surface area contributed by atoms with Gasteiger partial charge in [0.05, 0.1) is 64.1 Å². The molecule has 12 aromatic carbocycles. The first-order chi connectivity index (χ1) is 71.7. The third kappa shape index (κ3) is 38.1. The van der Waals surface area contributed by atoms with Gasteiger partial charge in [-0.05, 0) is 492 Å². The summed E-state index contributed by atoms with van der Waals surface area (Å²) < 4.78 is 74.6. The number of anilines is 6. The summed E-state index contributed by atoms with van der Waals surface area (Å²) in [6.07, 6.45) is 3.42. The average Bonchev–Trinajstić information content (AvgIpc) is 1.63. The number of thiocarbonyl (C=S) groups is 6. The Kier molecular flexibility index (Phi) is 50.8. The lowest BCUT2D eigenvalue weighted by Gasteiger charge is -2.18. The molecule has 150 heavy (non-hydrogen) atoms. The normalized spacial score (nSPS) is 10.9. The molecule has 1 aliphatic rings. The van der Waals surface area contributed by atoms with E-state index in [-0.39, 0.29) is 6.61 Å². The number of hydrogen-bond acceptors (Lipinski definition) is 20. The predicted octanol–water partition coefficient (Wildman–Crippen LogP) is 31.5. The molecule has 26 heteroatoms. The first-order valence-corrected chi connectivity index (χ1v) is 53.9. The number of nitrogens with one attached hydrogen (secondary N) is 6. The van der Waals surface area contributed by atoms with E-state index in [9.17, 15) is 5.11 Å². The molecule has 0 spiro atoms. The Bertz CT molecular complexity index is 6340. The van der Waals surface area contributed by atoms with E-state index in [4.69, 9.17) is 135 Å². The summed E-state index contributed by atoms with van der Waals surface area (Å²) >= 11 is 31.3. The van der Waals surface area contributed by atoms with Crippen LogP contribution in [0.5, 0.6) is 40.2 Å². The molecule has 802 valence electrons. The van der Waals surface area contributed by atoms with Crippen molar-refractivity contribution in [3.63, 3.8) is 0 Å². The van der Waals surface area contributed by atoms with Gasteiger partial charge in [-0.15, -0.1) is 0 Å². The fourth-order valence-corrected chi connectivity index (χ4v) is 17.6. The highest BCUT2D eigenvalue weighted by Gasteiger charge is 2.29. The van der Waals surface area contributed by atoms with E-state index >= 15 is 0 Å². The van der Waals surface area contributed by atoms with Crippen molar-refractivity contribution in [1.29, 1.82) is 0 Å². The van der Waals surface area contributed by atoms with Crippen molar-refractivity contribution in [3.05, 3.63) is 343 Å². The van der Waals surface area contributed by atoms with Gasteiger partial charge in [0.25, 0.3) is 31.0 Å². The molecule has 0 bridgehead atoms. The lowest BCUT2D eigenvalue weighted by Crippen LogP contribution is -2.16. The standard InChI is InChI=1S/C22H27NO2S.C21H27NO3S.C21H27NO2S.C20H25NO3S.2C20H25NO2S/c1-5-24-22(26)23-20-8-6-7-18(17-9-10-17)19(20)13-25-21-12-15(3)14(2)11-16(21)4;1-6-23-19-10-8-9-18(22-21(26)24-7-2)17(19)13-25-20-12-15(4)14(3)11-16(20)5;1-6-17-9-8-10-19(22-21(25)23-7-2)18(17)13-24-20-12-15(4)14(3)11-16(20)5;1-5-23-20(25)21-18-8-6-7-16(11-22)17(18)12-24-19-10-14(3)13(2)9-15(19)4;2*1-6-22-20(24)21-18-9-7-8-13(2)17(18)12-23-19-11-15(4)14(3)10-16(19)5/h6-8,11-12,17H,5,9-10,13H2,1-4H3,(H,23,26);8-12H,6-7,13H2,1-5H3,(H,22,26);8-12H,6-7,13H2,1-5H3,(H,22,25);6-10,22H,5,11-12H2,1-4H3,(H,21,25);2*7-11H,6,12H2,1-5H3,(H,21,24). The predicted molar refractivity (Wildman–Crippen MR) is 644 cm³/mol. The van der Waals surface area contributed by atoms with E-state index < -0.39 is 0 Å². The van der Waals surface area contributed by atoms with Crippen molar-refractivity contribution in [1.82, 2.24) is 0 Å². The highest BCUT2D eigenvalue weighted by Crippen LogP contribution is 2.45. The summed E-state index contributed by atoms with van der Waals surface area (Å²) in [4.78, 5) is 0. The maximum absolute atomic E-state index is 9.67. The Balaban J connectivity index is 0.000000219. The SMILES string of the molecule is CCOC(=S)Nc1cccc(C)c1COc1cc(C)c(C)cc1C.CCOC(=S)Nc1cccc(C)c1COc1cc(C)c(C)cc1C.CCOC(=S)Nc1cccc(C2CC2)c1COc1cc(C)c(C)cc1C.CCOC(=S)Nc1cccc(CC)c1COc1cc(C)c(C)cc1C.CCOC(=S)Nc1cccc(CO)c1COc1cc(C)c(C)cc1C.CCOC(=S)Nc1cccc(OCC)c1COc1cc(C)c(C)cc1C. The second-order valence-corrected chi connectivity index (χ2v) is 39.2. The minimum Gasteiger partial charge on any atom is -0.493 e. The van der Waals surface area contributed by atoms with Crippen molar-refractivity contribution in [2.75, 3.05) is 78.1 Å². The quantitative estimate of drug-likeness (QED) is 0.0184. The van der Waals surface area contributed by atoms with Crippen molar-refractivity contribution in [2.45, 2.75) is 265 Å². The Morgan fingerprint density at radius 1 is 0.227 bits per heavy atom. The summed E-state index contributed by atoms with van der Waals surface area (Å²) in [6.45, 7) is 63.8. The van der Waals surface area contributed by atoms with Gasteiger partial charge in [-0.3, -0.25) is 0 Å². The van der Waals surface area contributed by atoms with E-state index in [1.165, 1.54) is 96.3 Å². The number of hydrogen-bond donors (Lipinski definition) is 7. The van der Waals surface area contributed by atoms with Crippen LogP contribution in [0.3, 0.4) is 0 Å². The molecule has 0 aromatic heterocycles. The van der Waals surface area contributed by atoms with Crippen LogP contribution in [-0.2, 0) is 81.1 Å². The second-order valence-electron chi connectivity index (χ2n) is 37.0. The van der Waals surface area contributed by atoms with Gasteiger partial charge >= 0.3 is 0 Å². The Morgan fingerprint density at radius 3 is 0.713 bits per heavy atom. The maximum atomic E-state index is 9.67. The molecule has 0 aliphatic heterocycles. The third-order valence-corrected chi connectivity index (χ3v) is 27.0. The van der Waals surface area contributed by atoms with Crippen LogP contribution in [0.15, 0.2) is 182 Å². The summed E-state index contributed by atoms with van der Waals surface area (Å²) in [5, 5.41) is 30.8. The van der Waals surface area contributed by atoms with Crippen LogP contribution in [0.2, 0.25) is 0 Å². The lowest BCUT2D eigenvalue weighted by molar-refractivity contribution is 0.269. The molecular formula is C124H156N6O14S6. The minimum absolute atomic E-state index is 0.0679. The van der Waals surface area contributed by atoms with Crippen molar-refractivity contribution in [3.8, 4) is 40.2 Å². The van der Waals surface area contributed by atoms with Crippen LogP contribution in [-0.4, -0.2) is 82.4 Å². The monoisotopic (exact) mass is 2150 g/mol. The van der Waals surface area contributed by atoms with E-state index in [0.717, 1.165) is 159 Å². The second kappa shape index (κ2) is 62.2. The highest BCUT2D eigenvalue weighted by molar-refractivity contribution is 7.81. The van der Waals surface area contributed by atoms with Gasteiger partial charge in [0.2, 0.25) is 0 Å². The zero-order valence-corrected chi connectivity index (χ0v) is 98.0. The third-order valence-electron chi connectivity index (χ3n) is 25.6. The molecule has 0 unspecified atom stereocenters. The number of rotatable bonds is 35. The number of aliphatic hydroxyl groups is 1. The first kappa shape index (κ1) is 123. The molecule has 13 rings (SSSR count). The van der Waals surface area contributed by atoms with Gasteiger partial charge in [-0.2, -0.15) is 0 Å². The molecule has 0 saturated heterocycles. The van der Waals surface area contributed by atoms with E-state index in [1.807, 2.05) is 140 Å². The molecule has 1 aliphatic carbocycles. The van der Waals surface area contributed by atoms with Crippen LogP contribution in [0, 0.1) is 138 Å². The van der Waals surface area contributed by atoms with Gasteiger partial charge in [-0.1, -0.05) is 110 Å². The topological polar surface area (TPSA) is 212 Å². The Morgan fingerprint density at radius 2 is 0.447 bits per heavy atom. The molecule has 20 nitrogen and oxygen atoms in total. The molecule has 0 heterocycles. The molecule has 0 amide bonds. The molecule has 1 fully saturated rings. The van der Waals surface area contributed by atoms with Crippen LogP contribution < -0.4 is 65.1 Å². The Hall–Kier alpha value is -12.7. The molecule has 12 aromatic rings. The van der Waals surface area contributed by atoms with Crippen molar-refractivity contribution >= 4 is 138 Å². The minimum atomic E-state index is -0.0679. The number of aryl methyl sites for hydroxylation is 21. The molecule has 7 N–H and O–H groups in total. The molecule has 1 saturated carbocycles. The van der Waals surface area contributed by atoms with E-state index in [2.05, 4.69) is 267 Å². The van der Waals surface area contributed by atoms with E-state index in [0.29, 0.717) is 123 Å². The van der Waals surface area contributed by atoms with Crippen LogP contribution >= 0.6 is 73.3 Å². The summed E-state index contributed by atoms with van der Waals surface area (Å²) in [6, 6.07) is 61.5. The van der Waals surface area contributed by atoms with Gasteiger partial charge in [-0.25, -0.2) is 0 Å². The number of aliphatic hydroxyl groups excluding tert-OH is 1. The fourth-order valence-electron chi connectivity index (χ4n) is 16.2. The lowest BCUT2D eigenvalue weighted by atomic mass is 10.0. The van der Waals surface area contributed by atoms with E-state index in [1.54, 1.807) is 0 Å². The largest absolute Gasteiger partial charge is 0.493 e. The van der Waals surface area contributed by atoms with Gasteiger partial charge < -0.3 is 98.6 Å². The number of benzene rings is 12.